The Labute approximate surface area is 185 Å². The Morgan fingerprint density at radius 1 is 1.21 bits per heavy atom. The highest BCUT2D eigenvalue weighted by Gasteiger charge is 2.49. The molecule has 1 aliphatic carbocycles. The lowest BCUT2D eigenvalue weighted by Crippen LogP contribution is -2.65. The van der Waals surface area contributed by atoms with Gasteiger partial charge in [-0.15, -0.1) is 11.3 Å². The number of para-hydroxylation sites is 1. The molecule has 1 saturated carbocycles. The van der Waals surface area contributed by atoms with E-state index in [1.807, 2.05) is 18.2 Å². The van der Waals surface area contributed by atoms with Gasteiger partial charge < -0.3 is 9.22 Å². The van der Waals surface area contributed by atoms with Crippen molar-refractivity contribution in [2.75, 3.05) is 31.5 Å². The highest BCUT2D eigenvalue weighted by Crippen LogP contribution is 2.40. The summed E-state index contributed by atoms with van der Waals surface area (Å²) >= 11 is 5.24. The lowest BCUT2D eigenvalue weighted by molar-refractivity contribution is -0.947. The summed E-state index contributed by atoms with van der Waals surface area (Å²) < 4.78 is 8.28. The number of ether oxygens (including phenoxy) is 1. The fourth-order valence-electron chi connectivity index (χ4n) is 5.17. The minimum atomic E-state index is -0.298. The van der Waals surface area contributed by atoms with Gasteiger partial charge in [0.2, 0.25) is 0 Å². The van der Waals surface area contributed by atoms with E-state index in [1.165, 1.54) is 54.7 Å². The second-order valence-electron chi connectivity index (χ2n) is 9.07. The van der Waals surface area contributed by atoms with E-state index in [4.69, 9.17) is 4.74 Å². The van der Waals surface area contributed by atoms with Crippen molar-refractivity contribution in [1.29, 1.82) is 0 Å². The van der Waals surface area contributed by atoms with Crippen LogP contribution in [0.2, 0.25) is 0 Å². The fraction of sp³-hybridized carbons (Fsp3) is 0.522. The number of hydrogen-bond acceptors (Lipinski definition) is 3. The average Bonchev–Trinajstić information content (AvgIpc) is 3.42. The molecule has 4 heterocycles. The predicted octanol–water partition coefficient (Wildman–Crippen LogP) is 5.67. The van der Waals surface area contributed by atoms with Crippen molar-refractivity contribution < 1.29 is 14.0 Å². The van der Waals surface area contributed by atoms with Gasteiger partial charge in [-0.25, -0.2) is 4.79 Å². The lowest BCUT2D eigenvalue weighted by Gasteiger charge is -2.52. The summed E-state index contributed by atoms with van der Waals surface area (Å²) in [6.45, 7) is 4.87. The molecule has 2 aromatic rings. The van der Waals surface area contributed by atoms with Gasteiger partial charge in [0.1, 0.15) is 6.54 Å². The number of hydrogen-bond donors (Lipinski definition) is 1. The number of carbonyl (C=O) groups is 1. The number of rotatable bonds is 6. The summed E-state index contributed by atoms with van der Waals surface area (Å²) in [6.07, 6.45) is 5.77. The van der Waals surface area contributed by atoms with E-state index in [1.54, 1.807) is 11.3 Å². The first-order chi connectivity index (χ1) is 14.1. The van der Waals surface area contributed by atoms with Crippen LogP contribution in [0.25, 0.3) is 0 Å². The quantitative estimate of drug-likeness (QED) is 0.546. The molecule has 154 valence electrons. The molecule has 4 nitrogen and oxygen atoms in total. The van der Waals surface area contributed by atoms with Crippen molar-refractivity contribution in [1.82, 2.24) is 0 Å². The number of benzene rings is 1. The van der Waals surface area contributed by atoms with Crippen LogP contribution in [0.3, 0.4) is 0 Å². The van der Waals surface area contributed by atoms with Crippen LogP contribution >= 0.6 is 27.3 Å². The molecule has 0 spiro atoms. The van der Waals surface area contributed by atoms with Gasteiger partial charge in [0.25, 0.3) is 0 Å². The molecule has 1 amide bonds. The number of thiophene rings is 1. The summed E-state index contributed by atoms with van der Waals surface area (Å²) in [5, 5.41) is 5.13. The van der Waals surface area contributed by atoms with Crippen molar-refractivity contribution >= 4 is 39.0 Å². The average molecular weight is 476 g/mol. The number of nitrogens with one attached hydrogen (secondary N) is 1. The lowest BCUT2D eigenvalue weighted by atomic mass is 9.83. The van der Waals surface area contributed by atoms with E-state index >= 15 is 0 Å². The first-order valence-electron chi connectivity index (χ1n) is 10.7. The smallest absolute Gasteiger partial charge is 0.412 e. The molecular formula is C23H28BrN2O2S+. The molecule has 1 aromatic carbocycles. The van der Waals surface area contributed by atoms with E-state index in [2.05, 4.69) is 38.8 Å². The second-order valence-corrected chi connectivity index (χ2v) is 11.0. The zero-order valence-corrected chi connectivity index (χ0v) is 19.0. The molecule has 1 aromatic heterocycles. The Morgan fingerprint density at radius 3 is 2.72 bits per heavy atom. The molecular weight excluding hydrogens is 448 g/mol. The zero-order valence-electron chi connectivity index (χ0n) is 16.6. The topological polar surface area (TPSA) is 38.3 Å². The minimum Gasteiger partial charge on any atom is -0.440 e. The maximum absolute atomic E-state index is 12.8. The van der Waals surface area contributed by atoms with Crippen LogP contribution in [0.15, 0.2) is 40.2 Å². The third-order valence-corrected chi connectivity index (χ3v) is 8.58. The molecule has 3 aliphatic heterocycles. The Balaban J connectivity index is 1.23. The number of halogens is 1. The van der Waals surface area contributed by atoms with Gasteiger partial charge in [-0.05, 0) is 46.5 Å². The Kier molecular flexibility index (Phi) is 5.43. The van der Waals surface area contributed by atoms with Crippen LogP contribution in [-0.4, -0.2) is 42.9 Å². The van der Waals surface area contributed by atoms with Gasteiger partial charge in [-0.2, -0.15) is 0 Å². The van der Waals surface area contributed by atoms with Crippen molar-refractivity contribution in [3.05, 3.63) is 50.6 Å². The van der Waals surface area contributed by atoms with Gasteiger partial charge in [0.15, 0.2) is 6.10 Å². The number of carbonyl (C=O) groups excluding carboxylic acids is 1. The molecule has 4 fully saturated rings. The molecule has 3 saturated heterocycles. The van der Waals surface area contributed by atoms with Crippen molar-refractivity contribution in [3.8, 4) is 0 Å². The van der Waals surface area contributed by atoms with Crippen LogP contribution in [-0.2, 0) is 11.2 Å². The molecule has 0 radical (unpaired) electrons. The largest absolute Gasteiger partial charge is 0.440 e. The maximum Gasteiger partial charge on any atom is 0.412 e. The SMILES string of the molecule is O=C(Nc1ccccc1Cc1cc(Br)cs1)OC1C[N+]2(CC3CC3)CCC1CC2. The van der Waals surface area contributed by atoms with Gasteiger partial charge in [-0.1, -0.05) is 18.2 Å². The molecule has 1 atom stereocenters. The normalized spacial score (nSPS) is 28.3. The highest BCUT2D eigenvalue weighted by atomic mass is 79.9. The Morgan fingerprint density at radius 2 is 2.00 bits per heavy atom. The Bertz CT molecular complexity index is 887. The van der Waals surface area contributed by atoms with E-state index in [9.17, 15) is 4.79 Å². The molecule has 1 N–H and O–H groups in total. The zero-order chi connectivity index (χ0) is 19.8. The molecule has 29 heavy (non-hydrogen) atoms. The van der Waals surface area contributed by atoms with Gasteiger partial charge in [0, 0.05) is 51.5 Å². The van der Waals surface area contributed by atoms with Crippen molar-refractivity contribution in [3.63, 3.8) is 0 Å². The third-order valence-electron chi connectivity index (χ3n) is 6.88. The van der Waals surface area contributed by atoms with Gasteiger partial charge >= 0.3 is 6.09 Å². The van der Waals surface area contributed by atoms with Crippen LogP contribution in [0.4, 0.5) is 10.5 Å². The van der Waals surface area contributed by atoms with E-state index in [0.717, 1.165) is 34.6 Å². The van der Waals surface area contributed by atoms with Gasteiger partial charge in [-0.3, -0.25) is 5.32 Å². The second kappa shape index (κ2) is 8.05. The first-order valence-corrected chi connectivity index (χ1v) is 12.4. The Hall–Kier alpha value is -1.37. The predicted molar refractivity (Wildman–Crippen MR) is 120 cm³/mol. The maximum atomic E-state index is 12.8. The van der Waals surface area contributed by atoms with Crippen LogP contribution in [0.5, 0.6) is 0 Å². The molecule has 2 bridgehead atoms. The van der Waals surface area contributed by atoms with Crippen LogP contribution in [0, 0.1) is 11.8 Å². The summed E-state index contributed by atoms with van der Waals surface area (Å²) in [6, 6.07) is 10.2. The monoisotopic (exact) mass is 475 g/mol. The highest BCUT2D eigenvalue weighted by molar-refractivity contribution is 9.10. The summed E-state index contributed by atoms with van der Waals surface area (Å²) in [4.78, 5) is 14.0. The third kappa shape index (κ3) is 4.54. The van der Waals surface area contributed by atoms with Crippen LogP contribution < -0.4 is 5.32 Å². The molecule has 4 aliphatic rings. The standard InChI is InChI=1S/C23H27BrN2O2S/c24-19-12-20(29-15-19)11-18-3-1-2-4-21(18)25-23(27)28-22-14-26(13-16-5-6-16)9-7-17(22)8-10-26/h1-4,12,15-17,22H,5-11,13-14H2/p+1. The first kappa shape index (κ1) is 19.6. The van der Waals surface area contributed by atoms with E-state index < -0.39 is 0 Å². The number of fused-ring (bicyclic) bond motifs is 3. The number of piperidine rings is 3. The number of amides is 1. The van der Waals surface area contributed by atoms with Crippen molar-refractivity contribution in [2.24, 2.45) is 11.8 Å². The van der Waals surface area contributed by atoms with Crippen molar-refractivity contribution in [2.45, 2.75) is 38.2 Å². The summed E-state index contributed by atoms with van der Waals surface area (Å²) in [5.41, 5.74) is 1.97. The fourth-order valence-corrected chi connectivity index (χ4v) is 6.64. The summed E-state index contributed by atoms with van der Waals surface area (Å²) in [7, 11) is 0. The van der Waals surface area contributed by atoms with E-state index in [-0.39, 0.29) is 12.2 Å². The van der Waals surface area contributed by atoms with Gasteiger partial charge in [0.05, 0.1) is 19.6 Å². The molecule has 6 rings (SSSR count). The number of nitrogens with zero attached hydrogens (tertiary/aromatic N) is 1. The molecule has 1 unspecified atom stereocenters. The molecule has 6 heteroatoms. The van der Waals surface area contributed by atoms with Crippen LogP contribution in [0.1, 0.15) is 36.1 Å². The minimum absolute atomic E-state index is 0.0664. The number of anilines is 1. The number of quaternary nitrogens is 1. The summed E-state index contributed by atoms with van der Waals surface area (Å²) in [5.74, 6) is 1.46. The van der Waals surface area contributed by atoms with E-state index in [0.29, 0.717) is 5.92 Å².